The summed E-state index contributed by atoms with van der Waals surface area (Å²) < 4.78 is 42.2. The number of aromatic nitrogens is 4. The van der Waals surface area contributed by atoms with Crippen molar-refractivity contribution in [2.75, 3.05) is 13.2 Å². The van der Waals surface area contributed by atoms with E-state index in [1.807, 2.05) is 60.7 Å². The van der Waals surface area contributed by atoms with Crippen LogP contribution in [0.2, 0.25) is 0 Å². The Balaban J connectivity index is 0.000000368. The van der Waals surface area contributed by atoms with E-state index in [0.29, 0.717) is 0 Å². The molecule has 0 unspecified atom stereocenters. The highest BCUT2D eigenvalue weighted by atomic mass is 32.3. The van der Waals surface area contributed by atoms with Crippen molar-refractivity contribution >= 4 is 10.4 Å². The lowest BCUT2D eigenvalue weighted by atomic mass is 10.4. The molecule has 0 amide bonds. The van der Waals surface area contributed by atoms with Crippen LogP contribution in [0.4, 0.5) is 0 Å². The molecule has 144 valence electrons. The van der Waals surface area contributed by atoms with Crippen molar-refractivity contribution in [3.8, 4) is 0 Å². The SMILES string of the molecule is C[n+]1ccn(CCCO)c1.C[n+]1ccn(CCCO)c1.O=S(=O)([O-])[O-]. The molecular weight excluding hydrogens is 352 g/mol. The summed E-state index contributed by atoms with van der Waals surface area (Å²) in [6.07, 6.45) is 13.6. The van der Waals surface area contributed by atoms with Crippen LogP contribution in [0.25, 0.3) is 0 Å². The summed E-state index contributed by atoms with van der Waals surface area (Å²) >= 11 is 0. The molecule has 0 saturated heterocycles. The van der Waals surface area contributed by atoms with Crippen LogP contribution in [0.1, 0.15) is 12.8 Å². The van der Waals surface area contributed by atoms with Gasteiger partial charge in [0, 0.05) is 36.5 Å². The smallest absolute Gasteiger partial charge is 0.243 e. The van der Waals surface area contributed by atoms with Gasteiger partial charge in [-0.3, -0.25) is 8.42 Å². The van der Waals surface area contributed by atoms with Crippen LogP contribution >= 0.6 is 0 Å². The third kappa shape index (κ3) is 15.5. The van der Waals surface area contributed by atoms with Gasteiger partial charge in [0.2, 0.25) is 12.7 Å². The van der Waals surface area contributed by atoms with E-state index in [0.717, 1.165) is 25.9 Å². The number of aliphatic hydroxyl groups excluding tert-OH is 2. The second kappa shape index (κ2) is 12.6. The van der Waals surface area contributed by atoms with E-state index in [4.69, 9.17) is 27.7 Å². The van der Waals surface area contributed by atoms with Gasteiger partial charge in [-0.05, 0) is 0 Å². The van der Waals surface area contributed by atoms with Crippen molar-refractivity contribution in [2.24, 2.45) is 14.1 Å². The molecule has 2 N–H and O–H groups in total. The highest BCUT2D eigenvalue weighted by Gasteiger charge is 1.97. The summed E-state index contributed by atoms with van der Waals surface area (Å²) in [4.78, 5) is 0. The Morgan fingerprint density at radius 3 is 1.40 bits per heavy atom. The lowest BCUT2D eigenvalue weighted by Crippen LogP contribution is -2.23. The van der Waals surface area contributed by atoms with E-state index >= 15 is 0 Å². The van der Waals surface area contributed by atoms with Crippen LogP contribution in [0.15, 0.2) is 37.4 Å². The van der Waals surface area contributed by atoms with E-state index in [9.17, 15) is 0 Å². The second-order valence-electron chi connectivity index (χ2n) is 5.20. The number of rotatable bonds is 6. The van der Waals surface area contributed by atoms with Crippen LogP contribution in [0.3, 0.4) is 0 Å². The minimum absolute atomic E-state index is 0.266. The van der Waals surface area contributed by atoms with Crippen LogP contribution < -0.4 is 9.13 Å². The average Bonchev–Trinajstić information content (AvgIpc) is 3.10. The Bertz CT molecular complexity index is 631. The van der Waals surface area contributed by atoms with Crippen molar-refractivity contribution < 1.29 is 36.9 Å². The molecule has 0 radical (unpaired) electrons. The van der Waals surface area contributed by atoms with Gasteiger partial charge in [-0.25, -0.2) is 18.3 Å². The predicted molar refractivity (Wildman–Crippen MR) is 85.1 cm³/mol. The van der Waals surface area contributed by atoms with Gasteiger partial charge in [0.05, 0.1) is 27.2 Å². The molecule has 0 aliphatic rings. The van der Waals surface area contributed by atoms with E-state index < -0.39 is 10.4 Å². The fourth-order valence-corrected chi connectivity index (χ4v) is 1.77. The van der Waals surface area contributed by atoms with Crippen molar-refractivity contribution in [1.29, 1.82) is 0 Å². The van der Waals surface area contributed by atoms with Gasteiger partial charge in [-0.15, -0.1) is 0 Å². The number of aryl methyl sites for hydroxylation is 4. The van der Waals surface area contributed by atoms with Gasteiger partial charge in [0.15, 0.2) is 0 Å². The number of hydrogen-bond donors (Lipinski definition) is 2. The zero-order valence-corrected chi connectivity index (χ0v) is 15.2. The maximum atomic E-state index is 8.52. The molecule has 0 aromatic carbocycles. The summed E-state index contributed by atoms with van der Waals surface area (Å²) in [5.74, 6) is 0. The van der Waals surface area contributed by atoms with Gasteiger partial charge in [-0.1, -0.05) is 0 Å². The predicted octanol–water partition coefficient (Wildman–Crippen LogP) is -1.95. The van der Waals surface area contributed by atoms with Gasteiger partial charge in [0.1, 0.15) is 24.8 Å². The normalized spacial score (nSPS) is 10.5. The standard InChI is InChI=1S/2C7H13N2O.H2O4S/c2*1-8-4-5-9(7-8)3-2-6-10;1-5(2,3)4/h2*4-5,7,10H,2-3,6H2,1H3;(H2,1,2,3,4)/q2*+1;/p-2. The van der Waals surface area contributed by atoms with Gasteiger partial charge in [-0.2, -0.15) is 0 Å². The van der Waals surface area contributed by atoms with E-state index in [-0.39, 0.29) is 13.2 Å². The molecule has 0 aliphatic carbocycles. The lowest BCUT2D eigenvalue weighted by molar-refractivity contribution is -0.671. The summed E-state index contributed by atoms with van der Waals surface area (Å²) in [5.41, 5.74) is 0. The molecule has 2 rings (SSSR count). The Morgan fingerprint density at radius 1 is 0.880 bits per heavy atom. The molecule has 2 heterocycles. The summed E-state index contributed by atoms with van der Waals surface area (Å²) in [7, 11) is -1.20. The fourth-order valence-electron chi connectivity index (χ4n) is 1.77. The lowest BCUT2D eigenvalue weighted by Gasteiger charge is -2.06. The number of imidazole rings is 2. The molecule has 0 atom stereocenters. The molecular formula is C14H26N4O6S. The highest BCUT2D eigenvalue weighted by molar-refractivity contribution is 7.79. The minimum Gasteiger partial charge on any atom is -0.759 e. The van der Waals surface area contributed by atoms with Gasteiger partial charge < -0.3 is 19.3 Å². The maximum Gasteiger partial charge on any atom is 0.243 e. The molecule has 0 bridgehead atoms. The molecule has 0 spiro atoms. The van der Waals surface area contributed by atoms with Gasteiger partial charge >= 0.3 is 0 Å². The first kappa shape index (κ1) is 23.2. The quantitative estimate of drug-likeness (QED) is 0.340. The molecule has 2 aromatic rings. The van der Waals surface area contributed by atoms with Crippen LogP contribution in [0, 0.1) is 0 Å². The summed E-state index contributed by atoms with van der Waals surface area (Å²) in [6.45, 7) is 2.33. The zero-order chi connectivity index (χ0) is 19.3. The molecule has 10 nitrogen and oxygen atoms in total. The first-order chi connectivity index (χ1) is 11.7. The Hall–Kier alpha value is -1.79. The largest absolute Gasteiger partial charge is 0.759 e. The number of nitrogens with zero attached hydrogens (tertiary/aromatic N) is 4. The van der Waals surface area contributed by atoms with Gasteiger partial charge in [0.25, 0.3) is 0 Å². The number of hydrogen-bond acceptors (Lipinski definition) is 6. The van der Waals surface area contributed by atoms with Crippen molar-refractivity contribution in [3.63, 3.8) is 0 Å². The highest BCUT2D eigenvalue weighted by Crippen LogP contribution is 1.87. The van der Waals surface area contributed by atoms with E-state index in [2.05, 4.69) is 9.13 Å². The Kier molecular flexibility index (Phi) is 11.7. The third-order valence-corrected chi connectivity index (χ3v) is 2.80. The summed E-state index contributed by atoms with van der Waals surface area (Å²) in [5, 5.41) is 17.0. The average molecular weight is 378 g/mol. The first-order valence-electron chi connectivity index (χ1n) is 7.56. The molecule has 11 heteroatoms. The topological polar surface area (TPSA) is 138 Å². The molecule has 0 saturated carbocycles. The number of aliphatic hydroxyl groups is 2. The molecule has 0 fully saturated rings. The van der Waals surface area contributed by atoms with Crippen LogP contribution in [-0.4, -0.2) is 50.1 Å². The summed E-state index contributed by atoms with van der Waals surface area (Å²) in [6, 6.07) is 0. The fraction of sp³-hybridized carbons (Fsp3) is 0.571. The second-order valence-corrected chi connectivity index (χ2v) is 6.01. The van der Waals surface area contributed by atoms with Crippen molar-refractivity contribution in [3.05, 3.63) is 37.4 Å². The third-order valence-electron chi connectivity index (χ3n) is 2.80. The van der Waals surface area contributed by atoms with Crippen molar-refractivity contribution in [2.45, 2.75) is 25.9 Å². The molecule has 25 heavy (non-hydrogen) atoms. The van der Waals surface area contributed by atoms with Crippen LogP contribution in [0.5, 0.6) is 0 Å². The first-order valence-corrected chi connectivity index (χ1v) is 8.89. The minimum atomic E-state index is -5.17. The molecule has 0 aliphatic heterocycles. The van der Waals surface area contributed by atoms with Crippen LogP contribution in [-0.2, 0) is 37.6 Å². The Labute approximate surface area is 147 Å². The van der Waals surface area contributed by atoms with Crippen molar-refractivity contribution in [1.82, 2.24) is 9.13 Å². The zero-order valence-electron chi connectivity index (χ0n) is 14.4. The Morgan fingerprint density at radius 2 is 1.20 bits per heavy atom. The van der Waals surface area contributed by atoms with E-state index in [1.54, 1.807) is 0 Å². The van der Waals surface area contributed by atoms with E-state index in [1.165, 1.54) is 0 Å². The maximum absolute atomic E-state index is 8.52. The monoisotopic (exact) mass is 378 g/mol. The molecule has 2 aromatic heterocycles.